The van der Waals surface area contributed by atoms with Gasteiger partial charge in [-0.15, -0.1) is 0 Å². The van der Waals surface area contributed by atoms with Gasteiger partial charge in [0, 0.05) is 55.3 Å². The Balaban J connectivity index is 0.911. The molecule has 5 aromatic rings. The lowest BCUT2D eigenvalue weighted by Crippen LogP contribution is -2.44. The first-order valence-corrected chi connectivity index (χ1v) is 19.9. The molecule has 2 unspecified atom stereocenters. The fourth-order valence-electron chi connectivity index (χ4n) is 9.21. The van der Waals surface area contributed by atoms with Crippen LogP contribution in [0.2, 0.25) is 0 Å². The van der Waals surface area contributed by atoms with Crippen LogP contribution in [0.5, 0.6) is 0 Å². The molecular weight excluding hydrogens is 754 g/mol. The minimum absolute atomic E-state index is 0.132. The zero-order valence-corrected chi connectivity index (χ0v) is 32.6. The Labute approximate surface area is 332 Å². The van der Waals surface area contributed by atoms with E-state index in [0.717, 1.165) is 49.2 Å². The highest BCUT2D eigenvalue weighted by Gasteiger charge is 2.36. The summed E-state index contributed by atoms with van der Waals surface area (Å²) >= 11 is 0. The molecule has 58 heavy (non-hydrogen) atoms. The number of nitrogens with zero attached hydrogens (tertiary/aromatic N) is 6. The van der Waals surface area contributed by atoms with E-state index in [1.807, 2.05) is 16.9 Å². The molecular formula is C42H47F3N8O5. The zero-order valence-electron chi connectivity index (χ0n) is 32.6. The molecule has 306 valence electrons. The summed E-state index contributed by atoms with van der Waals surface area (Å²) in [6, 6.07) is 12.1. The van der Waals surface area contributed by atoms with Crippen LogP contribution in [-0.2, 0) is 22.2 Å². The SMILES string of the molecule is Cn1c(=O)n(C2CCC(=O)NC2=O)c2cccc(C3CCN(C[C@H]4CC[C@H](n5cc6cc(NC(=O)c7cccc(C(F)F)n7)c(C(C)(C)O)cc6n5)CC4)C[C@@H]3F)c21. The number of carbonyl (C=O) groups is 3. The number of para-hydroxylation sites is 1. The predicted octanol–water partition coefficient (Wildman–Crippen LogP) is 6.04. The van der Waals surface area contributed by atoms with Crippen molar-refractivity contribution in [2.45, 2.75) is 95.0 Å². The van der Waals surface area contributed by atoms with E-state index in [9.17, 15) is 33.1 Å². The molecule has 5 heterocycles. The van der Waals surface area contributed by atoms with E-state index in [2.05, 4.69) is 20.5 Å². The number of hydrogen-bond acceptors (Lipinski definition) is 8. The predicted molar refractivity (Wildman–Crippen MR) is 210 cm³/mol. The van der Waals surface area contributed by atoms with Crippen LogP contribution in [0.25, 0.3) is 21.9 Å². The molecule has 0 spiro atoms. The lowest BCUT2D eigenvalue weighted by atomic mass is 9.83. The van der Waals surface area contributed by atoms with Crippen molar-refractivity contribution in [3.05, 3.63) is 87.7 Å². The summed E-state index contributed by atoms with van der Waals surface area (Å²) in [6.45, 7) is 4.97. The van der Waals surface area contributed by atoms with Crippen LogP contribution in [0, 0.1) is 5.92 Å². The van der Waals surface area contributed by atoms with Gasteiger partial charge in [-0.3, -0.25) is 33.5 Å². The first kappa shape index (κ1) is 39.5. The third kappa shape index (κ3) is 7.54. The number of rotatable bonds is 9. The number of aryl methyl sites for hydroxylation is 1. The van der Waals surface area contributed by atoms with Gasteiger partial charge in [-0.1, -0.05) is 18.2 Å². The maximum absolute atomic E-state index is 16.2. The van der Waals surface area contributed by atoms with Crippen LogP contribution in [0.4, 0.5) is 18.9 Å². The molecule has 1 saturated carbocycles. The molecule has 3 atom stereocenters. The molecule has 3 aliphatic rings. The number of likely N-dealkylation sites (tertiary alicyclic amines) is 1. The Bertz CT molecular complexity index is 2460. The summed E-state index contributed by atoms with van der Waals surface area (Å²) in [7, 11) is 1.65. The summed E-state index contributed by atoms with van der Waals surface area (Å²) in [5, 5.41) is 21.7. The summed E-state index contributed by atoms with van der Waals surface area (Å²) in [5.74, 6) is -1.56. The summed E-state index contributed by atoms with van der Waals surface area (Å²) < 4.78 is 47.5. The third-order valence-electron chi connectivity index (χ3n) is 12.2. The largest absolute Gasteiger partial charge is 0.386 e. The number of aliphatic hydroxyl groups is 1. The number of alkyl halides is 3. The van der Waals surface area contributed by atoms with Crippen molar-refractivity contribution in [2.75, 3.05) is 25.0 Å². The van der Waals surface area contributed by atoms with E-state index in [-0.39, 0.29) is 42.7 Å². The maximum atomic E-state index is 16.2. The quantitative estimate of drug-likeness (QED) is 0.153. The molecule has 0 bridgehead atoms. The molecule has 1 aliphatic carbocycles. The Morgan fingerprint density at radius 1 is 1.03 bits per heavy atom. The second-order valence-corrected chi connectivity index (χ2v) is 16.6. The molecule has 13 nitrogen and oxygen atoms in total. The van der Waals surface area contributed by atoms with Crippen molar-refractivity contribution in [3.8, 4) is 0 Å². The third-order valence-corrected chi connectivity index (χ3v) is 12.2. The molecule has 3 aromatic heterocycles. The fourth-order valence-corrected chi connectivity index (χ4v) is 9.21. The average Bonchev–Trinajstić information content (AvgIpc) is 3.72. The van der Waals surface area contributed by atoms with E-state index in [0.29, 0.717) is 46.7 Å². The Morgan fingerprint density at radius 2 is 1.79 bits per heavy atom. The van der Waals surface area contributed by atoms with Crippen LogP contribution in [0.15, 0.2) is 59.5 Å². The minimum Gasteiger partial charge on any atom is -0.386 e. The highest BCUT2D eigenvalue weighted by Crippen LogP contribution is 2.39. The van der Waals surface area contributed by atoms with Gasteiger partial charge >= 0.3 is 5.69 Å². The molecule has 0 radical (unpaired) electrons. The van der Waals surface area contributed by atoms with Gasteiger partial charge in [0.2, 0.25) is 11.8 Å². The van der Waals surface area contributed by atoms with Crippen molar-refractivity contribution in [2.24, 2.45) is 13.0 Å². The number of imidazole rings is 1. The van der Waals surface area contributed by atoms with Crippen molar-refractivity contribution in [3.63, 3.8) is 0 Å². The van der Waals surface area contributed by atoms with E-state index in [1.54, 1.807) is 45.2 Å². The van der Waals surface area contributed by atoms with Crippen molar-refractivity contribution >= 4 is 45.3 Å². The highest BCUT2D eigenvalue weighted by atomic mass is 19.3. The van der Waals surface area contributed by atoms with Crippen LogP contribution in [-0.4, -0.2) is 77.4 Å². The number of aromatic nitrogens is 5. The van der Waals surface area contributed by atoms with Gasteiger partial charge in [-0.05, 0) is 101 Å². The fraction of sp³-hybridized carbons (Fsp3) is 0.476. The Morgan fingerprint density at radius 3 is 2.50 bits per heavy atom. The number of hydrogen-bond donors (Lipinski definition) is 3. The smallest absolute Gasteiger partial charge is 0.329 e. The number of halogens is 3. The number of pyridine rings is 1. The number of amides is 3. The molecule has 2 saturated heterocycles. The normalized spacial score (nSPS) is 23.5. The second kappa shape index (κ2) is 15.4. The monoisotopic (exact) mass is 800 g/mol. The Kier molecular flexibility index (Phi) is 10.5. The molecule has 3 amide bonds. The first-order valence-electron chi connectivity index (χ1n) is 19.9. The number of anilines is 1. The number of imide groups is 1. The van der Waals surface area contributed by atoms with Gasteiger partial charge in [0.05, 0.1) is 28.2 Å². The standard InChI is InChI=1S/C42H47F3N8O5/c1-42(2,58)28-19-32-24(18-33(28)47-39(55)31-8-5-7-30(46-31)38(44)45)21-52(49-32)25-12-10-23(11-13-25)20-51-17-16-26(29(43)22-51)27-6-4-9-34-37(27)50(3)41(57)53(34)35-14-15-36(54)48-40(35)56/h4-9,18-19,21,23,25-26,29,35,38,58H,10-17,20,22H2,1-3H3,(H,47,55)(H,48,54,56)/t23-,25-,26?,29-,35?/m0/s1. The average molecular weight is 801 g/mol. The minimum atomic E-state index is -2.82. The lowest BCUT2D eigenvalue weighted by molar-refractivity contribution is -0.135. The molecule has 16 heteroatoms. The number of piperidine rings is 2. The van der Waals surface area contributed by atoms with Crippen LogP contribution >= 0.6 is 0 Å². The molecule has 3 fully saturated rings. The van der Waals surface area contributed by atoms with Gasteiger partial charge in [-0.25, -0.2) is 22.9 Å². The van der Waals surface area contributed by atoms with E-state index >= 15 is 4.39 Å². The van der Waals surface area contributed by atoms with E-state index in [4.69, 9.17) is 5.10 Å². The van der Waals surface area contributed by atoms with E-state index < -0.39 is 47.7 Å². The summed E-state index contributed by atoms with van der Waals surface area (Å²) in [6.07, 6.45) is 2.55. The first-order chi connectivity index (χ1) is 27.7. The number of nitrogens with one attached hydrogen (secondary N) is 2. The van der Waals surface area contributed by atoms with Gasteiger partial charge in [0.15, 0.2) is 0 Å². The van der Waals surface area contributed by atoms with Gasteiger partial charge in [0.25, 0.3) is 12.3 Å². The molecule has 8 rings (SSSR count). The molecule has 2 aliphatic heterocycles. The lowest BCUT2D eigenvalue weighted by Gasteiger charge is -2.38. The summed E-state index contributed by atoms with van der Waals surface area (Å²) in [5.41, 5.74) is 0.962. The van der Waals surface area contributed by atoms with Gasteiger partial charge in [0.1, 0.15) is 23.6 Å². The second-order valence-electron chi connectivity index (χ2n) is 16.6. The molecule has 3 N–H and O–H groups in total. The van der Waals surface area contributed by atoms with Crippen molar-refractivity contribution in [1.82, 2.24) is 34.1 Å². The number of fused-ring (bicyclic) bond motifs is 2. The molecule has 2 aromatic carbocycles. The van der Waals surface area contributed by atoms with Crippen molar-refractivity contribution in [1.29, 1.82) is 0 Å². The highest BCUT2D eigenvalue weighted by molar-refractivity contribution is 6.04. The van der Waals surface area contributed by atoms with Crippen LogP contribution in [0.3, 0.4) is 0 Å². The topological polar surface area (TPSA) is 156 Å². The summed E-state index contributed by atoms with van der Waals surface area (Å²) in [4.78, 5) is 57.0. The maximum Gasteiger partial charge on any atom is 0.329 e. The van der Waals surface area contributed by atoms with Crippen LogP contribution < -0.4 is 16.3 Å². The van der Waals surface area contributed by atoms with Crippen molar-refractivity contribution < 1.29 is 32.7 Å². The van der Waals surface area contributed by atoms with Gasteiger partial charge < -0.3 is 15.3 Å². The Hall–Kier alpha value is -5.35. The van der Waals surface area contributed by atoms with E-state index in [1.165, 1.54) is 21.3 Å². The zero-order chi connectivity index (χ0) is 41.0. The van der Waals surface area contributed by atoms with Gasteiger partial charge in [-0.2, -0.15) is 5.10 Å². The number of benzene rings is 2. The van der Waals surface area contributed by atoms with Crippen LogP contribution in [0.1, 0.15) is 111 Å². The number of carbonyl (C=O) groups excluding carboxylic acids is 3.